The number of aromatic nitrogens is 2. The fourth-order valence-corrected chi connectivity index (χ4v) is 4.21. The van der Waals surface area contributed by atoms with Crippen LogP contribution in [0.1, 0.15) is 31.7 Å². The molecule has 2 heterocycles. The van der Waals surface area contributed by atoms with E-state index in [0.717, 1.165) is 70.0 Å². The van der Waals surface area contributed by atoms with Gasteiger partial charge in [0.25, 0.3) is 0 Å². The molecule has 1 fully saturated rings. The lowest BCUT2D eigenvalue weighted by Gasteiger charge is -2.33. The Kier molecular flexibility index (Phi) is 7.56. The minimum absolute atomic E-state index is 0.488. The highest BCUT2D eigenvalue weighted by Crippen LogP contribution is 2.14. The quantitative estimate of drug-likeness (QED) is 0.333. The van der Waals surface area contributed by atoms with E-state index in [-0.39, 0.29) is 0 Å². The molecule has 0 atom stereocenters. The Labute approximate surface area is 185 Å². The van der Waals surface area contributed by atoms with E-state index < -0.39 is 0 Å². The van der Waals surface area contributed by atoms with Crippen molar-refractivity contribution in [2.45, 2.75) is 45.3 Å². The maximum Gasteiger partial charge on any atom is 0.191 e. The normalized spacial score (nSPS) is 16.0. The van der Waals surface area contributed by atoms with Crippen LogP contribution in [0.4, 0.5) is 0 Å². The lowest BCUT2D eigenvalue weighted by atomic mass is 10.0. The molecule has 31 heavy (non-hydrogen) atoms. The van der Waals surface area contributed by atoms with Crippen molar-refractivity contribution in [1.29, 1.82) is 0 Å². The van der Waals surface area contributed by atoms with Crippen LogP contribution in [0.15, 0.2) is 65.9 Å². The standard InChI is InChI=1S/C25H34N6/c1-2-26-25(27-15-8-16-31-20-28-23-11-6-7-12-24(23)31)29-22-13-17-30(18-14-22)19-21-9-4-3-5-10-21/h3-7,9-12,20,22H,2,8,13-19H2,1H3,(H2,26,27,29). The number of fused-ring (bicyclic) bond motifs is 1. The molecule has 1 aromatic heterocycles. The molecule has 0 spiro atoms. The fourth-order valence-electron chi connectivity index (χ4n) is 4.21. The van der Waals surface area contributed by atoms with Crippen molar-refractivity contribution in [3.8, 4) is 0 Å². The van der Waals surface area contributed by atoms with Crippen LogP contribution in [0, 0.1) is 0 Å². The summed E-state index contributed by atoms with van der Waals surface area (Å²) in [6.45, 7) is 8.03. The molecule has 1 saturated heterocycles. The molecular weight excluding hydrogens is 384 g/mol. The number of likely N-dealkylation sites (tertiary alicyclic amines) is 1. The molecule has 6 heteroatoms. The fraction of sp³-hybridized carbons (Fsp3) is 0.440. The van der Waals surface area contributed by atoms with Crippen molar-refractivity contribution in [1.82, 2.24) is 25.1 Å². The van der Waals surface area contributed by atoms with Crippen LogP contribution in [0.2, 0.25) is 0 Å². The van der Waals surface area contributed by atoms with Crippen LogP contribution >= 0.6 is 0 Å². The van der Waals surface area contributed by atoms with Gasteiger partial charge in [-0.2, -0.15) is 0 Å². The van der Waals surface area contributed by atoms with E-state index in [1.54, 1.807) is 0 Å². The average Bonchev–Trinajstić information content (AvgIpc) is 3.22. The van der Waals surface area contributed by atoms with E-state index in [9.17, 15) is 0 Å². The van der Waals surface area contributed by atoms with Gasteiger partial charge < -0.3 is 15.2 Å². The van der Waals surface area contributed by atoms with Crippen molar-refractivity contribution in [3.05, 3.63) is 66.5 Å². The van der Waals surface area contributed by atoms with Crippen LogP contribution in [-0.4, -0.2) is 52.6 Å². The summed E-state index contributed by atoms with van der Waals surface area (Å²) in [5, 5.41) is 7.07. The van der Waals surface area contributed by atoms with Gasteiger partial charge in [-0.1, -0.05) is 42.5 Å². The first-order valence-corrected chi connectivity index (χ1v) is 11.5. The molecule has 2 N–H and O–H groups in total. The van der Waals surface area contributed by atoms with Crippen LogP contribution in [0.25, 0.3) is 11.0 Å². The van der Waals surface area contributed by atoms with Crippen molar-refractivity contribution in [2.75, 3.05) is 26.2 Å². The van der Waals surface area contributed by atoms with Crippen LogP contribution < -0.4 is 10.6 Å². The summed E-state index contributed by atoms with van der Waals surface area (Å²) < 4.78 is 2.22. The Balaban J connectivity index is 1.22. The van der Waals surface area contributed by atoms with E-state index in [2.05, 4.69) is 80.5 Å². The van der Waals surface area contributed by atoms with Crippen LogP contribution in [0.3, 0.4) is 0 Å². The number of aliphatic imine (C=N–C) groups is 1. The maximum atomic E-state index is 4.82. The summed E-state index contributed by atoms with van der Waals surface area (Å²) in [5.74, 6) is 0.944. The second-order valence-corrected chi connectivity index (χ2v) is 8.22. The zero-order valence-corrected chi connectivity index (χ0v) is 18.5. The zero-order valence-electron chi connectivity index (χ0n) is 18.5. The first kappa shape index (κ1) is 21.4. The average molecular weight is 419 g/mol. The smallest absolute Gasteiger partial charge is 0.191 e. The number of nitrogens with one attached hydrogen (secondary N) is 2. The Morgan fingerprint density at radius 1 is 1.06 bits per heavy atom. The number of guanidine groups is 1. The van der Waals surface area contributed by atoms with E-state index >= 15 is 0 Å². The monoisotopic (exact) mass is 418 g/mol. The molecular formula is C25H34N6. The first-order chi connectivity index (χ1) is 15.3. The summed E-state index contributed by atoms with van der Waals surface area (Å²) in [6, 6.07) is 19.5. The number of hydrogen-bond acceptors (Lipinski definition) is 3. The summed E-state index contributed by atoms with van der Waals surface area (Å²) in [7, 11) is 0. The second-order valence-electron chi connectivity index (χ2n) is 8.22. The summed E-state index contributed by atoms with van der Waals surface area (Å²) in [5.41, 5.74) is 3.65. The van der Waals surface area contributed by atoms with E-state index in [1.807, 2.05) is 12.4 Å². The number of imidazole rings is 1. The van der Waals surface area contributed by atoms with Gasteiger partial charge in [-0.15, -0.1) is 0 Å². The van der Waals surface area contributed by atoms with Gasteiger partial charge in [0.2, 0.25) is 0 Å². The molecule has 0 amide bonds. The first-order valence-electron chi connectivity index (χ1n) is 11.5. The Morgan fingerprint density at radius 3 is 2.65 bits per heavy atom. The van der Waals surface area contributed by atoms with E-state index in [4.69, 9.17) is 4.99 Å². The predicted octanol–water partition coefficient (Wildman–Crippen LogP) is 3.65. The number of aryl methyl sites for hydroxylation is 1. The molecule has 1 aliphatic rings. The zero-order chi connectivity index (χ0) is 21.3. The molecule has 164 valence electrons. The van der Waals surface area contributed by atoms with Crippen molar-refractivity contribution >= 4 is 17.0 Å². The van der Waals surface area contributed by atoms with Crippen LogP contribution in [0.5, 0.6) is 0 Å². The van der Waals surface area contributed by atoms with Crippen molar-refractivity contribution in [2.24, 2.45) is 4.99 Å². The molecule has 6 nitrogen and oxygen atoms in total. The summed E-state index contributed by atoms with van der Waals surface area (Å²) in [6.07, 6.45) is 5.23. The largest absolute Gasteiger partial charge is 0.357 e. The topological polar surface area (TPSA) is 57.5 Å². The number of hydrogen-bond donors (Lipinski definition) is 2. The Morgan fingerprint density at radius 2 is 1.84 bits per heavy atom. The number of piperidine rings is 1. The number of nitrogens with zero attached hydrogens (tertiary/aromatic N) is 4. The molecule has 0 saturated carbocycles. The lowest BCUT2D eigenvalue weighted by molar-refractivity contribution is 0.198. The highest BCUT2D eigenvalue weighted by atomic mass is 15.2. The number of benzene rings is 2. The third-order valence-corrected chi connectivity index (χ3v) is 5.88. The minimum atomic E-state index is 0.488. The third kappa shape index (κ3) is 6.07. The van der Waals surface area contributed by atoms with Gasteiger partial charge in [0, 0.05) is 45.3 Å². The summed E-state index contributed by atoms with van der Waals surface area (Å²) >= 11 is 0. The van der Waals surface area contributed by atoms with Gasteiger partial charge in [0.05, 0.1) is 17.4 Å². The van der Waals surface area contributed by atoms with E-state index in [0.29, 0.717) is 6.04 Å². The Bertz CT molecular complexity index is 956. The van der Waals surface area contributed by atoms with Gasteiger partial charge in [-0.3, -0.25) is 9.89 Å². The molecule has 4 rings (SSSR count). The van der Waals surface area contributed by atoms with Gasteiger partial charge in [-0.25, -0.2) is 4.98 Å². The highest BCUT2D eigenvalue weighted by molar-refractivity contribution is 5.80. The van der Waals surface area contributed by atoms with Crippen molar-refractivity contribution in [3.63, 3.8) is 0 Å². The van der Waals surface area contributed by atoms with Gasteiger partial charge in [0.1, 0.15) is 0 Å². The second kappa shape index (κ2) is 11.0. The SMILES string of the molecule is CCNC(=NCCCn1cnc2ccccc21)NC1CCN(Cc2ccccc2)CC1. The molecule has 0 aliphatic carbocycles. The molecule has 0 radical (unpaired) electrons. The maximum absolute atomic E-state index is 4.82. The minimum Gasteiger partial charge on any atom is -0.357 e. The molecule has 0 bridgehead atoms. The number of para-hydroxylation sites is 2. The number of rotatable bonds is 8. The lowest BCUT2D eigenvalue weighted by Crippen LogP contribution is -2.48. The Hall–Kier alpha value is -2.86. The molecule has 3 aromatic rings. The molecule has 2 aromatic carbocycles. The highest BCUT2D eigenvalue weighted by Gasteiger charge is 2.20. The molecule has 0 unspecified atom stereocenters. The molecule has 1 aliphatic heterocycles. The van der Waals surface area contributed by atoms with Gasteiger partial charge in [-0.05, 0) is 43.9 Å². The predicted molar refractivity (Wildman–Crippen MR) is 128 cm³/mol. The van der Waals surface area contributed by atoms with Crippen molar-refractivity contribution < 1.29 is 0 Å². The van der Waals surface area contributed by atoms with Gasteiger partial charge in [0.15, 0.2) is 5.96 Å². The van der Waals surface area contributed by atoms with Gasteiger partial charge >= 0.3 is 0 Å². The van der Waals surface area contributed by atoms with E-state index in [1.165, 1.54) is 11.1 Å². The van der Waals surface area contributed by atoms with Crippen LogP contribution in [-0.2, 0) is 13.1 Å². The summed E-state index contributed by atoms with van der Waals surface area (Å²) in [4.78, 5) is 11.8. The third-order valence-electron chi connectivity index (χ3n) is 5.88.